The summed E-state index contributed by atoms with van der Waals surface area (Å²) in [6, 6.07) is 14.9. The molecule has 5 heteroatoms. The van der Waals surface area contributed by atoms with Gasteiger partial charge in [-0.2, -0.15) is 0 Å². The first-order valence-electron chi connectivity index (χ1n) is 6.30. The van der Waals surface area contributed by atoms with E-state index in [2.05, 4.69) is 15.3 Å². The largest absolute Gasteiger partial charge is 0.399 e. The second kappa shape index (κ2) is 5.05. The highest BCUT2D eigenvalue weighted by atomic mass is 16.1. The molecule has 0 aliphatic carbocycles. The van der Waals surface area contributed by atoms with E-state index in [0.29, 0.717) is 11.6 Å². The van der Waals surface area contributed by atoms with Crippen molar-refractivity contribution < 1.29 is 4.79 Å². The molecule has 0 unspecified atom stereocenters. The van der Waals surface area contributed by atoms with Gasteiger partial charge in [-0.1, -0.05) is 24.3 Å². The number of nitrogens with two attached hydrogens (primary N) is 1. The highest BCUT2D eigenvalue weighted by Crippen LogP contribution is 2.14. The molecule has 0 atom stereocenters. The van der Waals surface area contributed by atoms with Crippen LogP contribution in [0, 0.1) is 0 Å². The number of hydrogen-bond donors (Lipinski definition) is 3. The van der Waals surface area contributed by atoms with Gasteiger partial charge in [0, 0.05) is 5.69 Å². The molecule has 5 nitrogen and oxygen atoms in total. The Hall–Kier alpha value is -2.82. The standard InChI is InChI=1S/C15H14N4O/c16-11-5-3-4-10(8-11)9-14(20)19-15-17-12-6-1-2-7-13(12)18-15/h1-8H,9,16H2,(H2,17,18,19,20). The summed E-state index contributed by atoms with van der Waals surface area (Å²) in [5, 5.41) is 2.75. The summed E-state index contributed by atoms with van der Waals surface area (Å²) in [6.07, 6.45) is 0.266. The fourth-order valence-corrected chi connectivity index (χ4v) is 2.08. The third kappa shape index (κ3) is 2.61. The van der Waals surface area contributed by atoms with Crippen LogP contribution >= 0.6 is 0 Å². The topological polar surface area (TPSA) is 83.8 Å². The minimum absolute atomic E-state index is 0.130. The molecule has 2 aromatic carbocycles. The fourth-order valence-electron chi connectivity index (χ4n) is 2.08. The van der Waals surface area contributed by atoms with Gasteiger partial charge in [-0.3, -0.25) is 10.1 Å². The number of benzene rings is 2. The van der Waals surface area contributed by atoms with Gasteiger partial charge >= 0.3 is 0 Å². The first-order chi connectivity index (χ1) is 9.70. The molecule has 3 rings (SSSR count). The van der Waals surface area contributed by atoms with Crippen molar-refractivity contribution in [3.05, 3.63) is 54.1 Å². The molecule has 0 aliphatic heterocycles. The van der Waals surface area contributed by atoms with Crippen LogP contribution < -0.4 is 11.1 Å². The van der Waals surface area contributed by atoms with Gasteiger partial charge in [0.05, 0.1) is 17.5 Å². The molecule has 3 aromatic rings. The lowest BCUT2D eigenvalue weighted by Gasteiger charge is -2.03. The van der Waals surface area contributed by atoms with Gasteiger partial charge in [0.1, 0.15) is 0 Å². The molecule has 100 valence electrons. The van der Waals surface area contributed by atoms with Crippen molar-refractivity contribution in [1.82, 2.24) is 9.97 Å². The van der Waals surface area contributed by atoms with Crippen LogP contribution in [0.2, 0.25) is 0 Å². The fraction of sp³-hybridized carbons (Fsp3) is 0.0667. The van der Waals surface area contributed by atoms with Gasteiger partial charge in [0.2, 0.25) is 11.9 Å². The maximum atomic E-state index is 12.0. The molecule has 1 amide bonds. The van der Waals surface area contributed by atoms with Crippen molar-refractivity contribution in [2.75, 3.05) is 11.1 Å². The van der Waals surface area contributed by atoms with E-state index in [1.54, 1.807) is 12.1 Å². The number of carbonyl (C=O) groups excluding carboxylic acids is 1. The molecule has 0 radical (unpaired) electrons. The van der Waals surface area contributed by atoms with Crippen LogP contribution in [0.3, 0.4) is 0 Å². The molecule has 0 spiro atoms. The molecule has 0 aliphatic rings. The van der Waals surface area contributed by atoms with E-state index in [9.17, 15) is 4.79 Å². The van der Waals surface area contributed by atoms with E-state index in [1.807, 2.05) is 36.4 Å². The third-order valence-corrected chi connectivity index (χ3v) is 2.96. The Morgan fingerprint density at radius 3 is 2.85 bits per heavy atom. The summed E-state index contributed by atoms with van der Waals surface area (Å²) in [6.45, 7) is 0. The average Bonchev–Trinajstić information content (AvgIpc) is 2.80. The van der Waals surface area contributed by atoms with E-state index in [1.165, 1.54) is 0 Å². The molecule has 0 saturated heterocycles. The number of rotatable bonds is 3. The zero-order valence-electron chi connectivity index (χ0n) is 10.8. The molecule has 0 fully saturated rings. The number of carbonyl (C=O) groups is 1. The molecular formula is C15H14N4O. The number of para-hydroxylation sites is 2. The summed E-state index contributed by atoms with van der Waals surface area (Å²) >= 11 is 0. The number of anilines is 2. The lowest BCUT2D eigenvalue weighted by molar-refractivity contribution is -0.115. The Morgan fingerprint density at radius 2 is 2.05 bits per heavy atom. The van der Waals surface area contributed by atoms with Gasteiger partial charge in [0.15, 0.2) is 0 Å². The van der Waals surface area contributed by atoms with Crippen molar-refractivity contribution in [1.29, 1.82) is 0 Å². The predicted molar refractivity (Wildman–Crippen MR) is 79.3 cm³/mol. The summed E-state index contributed by atoms with van der Waals surface area (Å²) < 4.78 is 0. The average molecular weight is 266 g/mol. The number of amides is 1. The molecule has 1 heterocycles. The normalized spacial score (nSPS) is 10.6. The third-order valence-electron chi connectivity index (χ3n) is 2.96. The summed E-state index contributed by atoms with van der Waals surface area (Å²) in [4.78, 5) is 19.3. The van der Waals surface area contributed by atoms with Crippen LogP contribution in [0.4, 0.5) is 11.6 Å². The molecule has 0 saturated carbocycles. The Kier molecular flexibility index (Phi) is 3.09. The lowest BCUT2D eigenvalue weighted by Crippen LogP contribution is -2.15. The SMILES string of the molecule is Nc1cccc(CC(=O)Nc2nc3ccccc3[nH]2)c1. The smallest absolute Gasteiger partial charge is 0.231 e. The van der Waals surface area contributed by atoms with Crippen molar-refractivity contribution in [3.63, 3.8) is 0 Å². The number of nitrogens with one attached hydrogen (secondary N) is 2. The molecule has 1 aromatic heterocycles. The van der Waals surface area contributed by atoms with Crippen LogP contribution in [0.15, 0.2) is 48.5 Å². The minimum Gasteiger partial charge on any atom is -0.399 e. The predicted octanol–water partition coefficient (Wildman–Crippen LogP) is 2.33. The van der Waals surface area contributed by atoms with Crippen LogP contribution in [0.1, 0.15) is 5.56 Å². The molecule has 4 N–H and O–H groups in total. The minimum atomic E-state index is -0.130. The second-order valence-electron chi connectivity index (χ2n) is 4.57. The van der Waals surface area contributed by atoms with E-state index in [4.69, 9.17) is 5.73 Å². The van der Waals surface area contributed by atoms with Gasteiger partial charge < -0.3 is 10.7 Å². The highest BCUT2D eigenvalue weighted by molar-refractivity contribution is 5.92. The van der Waals surface area contributed by atoms with E-state index in [-0.39, 0.29) is 12.3 Å². The number of imidazole rings is 1. The number of H-pyrrole nitrogens is 1. The number of aromatic nitrogens is 2. The zero-order valence-corrected chi connectivity index (χ0v) is 10.8. The molecule has 20 heavy (non-hydrogen) atoms. The number of nitrogens with zero attached hydrogens (tertiary/aromatic N) is 1. The van der Waals surface area contributed by atoms with E-state index >= 15 is 0 Å². The van der Waals surface area contributed by atoms with Crippen LogP contribution in [-0.4, -0.2) is 15.9 Å². The van der Waals surface area contributed by atoms with E-state index in [0.717, 1.165) is 16.6 Å². The summed E-state index contributed by atoms with van der Waals surface area (Å²) in [5.74, 6) is 0.328. The summed E-state index contributed by atoms with van der Waals surface area (Å²) in [7, 11) is 0. The van der Waals surface area contributed by atoms with Crippen LogP contribution in [0.5, 0.6) is 0 Å². The molecular weight excluding hydrogens is 252 g/mol. The van der Waals surface area contributed by atoms with Crippen molar-refractivity contribution in [2.45, 2.75) is 6.42 Å². The van der Waals surface area contributed by atoms with Crippen molar-refractivity contribution in [3.8, 4) is 0 Å². The Labute approximate surface area is 115 Å². The first-order valence-corrected chi connectivity index (χ1v) is 6.30. The number of fused-ring (bicyclic) bond motifs is 1. The summed E-state index contributed by atoms with van der Waals surface area (Å²) in [5.41, 5.74) is 8.93. The zero-order chi connectivity index (χ0) is 13.9. The lowest BCUT2D eigenvalue weighted by atomic mass is 10.1. The first kappa shape index (κ1) is 12.2. The maximum Gasteiger partial charge on any atom is 0.231 e. The number of aromatic amines is 1. The Morgan fingerprint density at radius 1 is 1.20 bits per heavy atom. The van der Waals surface area contributed by atoms with Gasteiger partial charge in [-0.05, 0) is 29.8 Å². The van der Waals surface area contributed by atoms with Crippen molar-refractivity contribution in [2.24, 2.45) is 0 Å². The van der Waals surface area contributed by atoms with Gasteiger partial charge in [0.25, 0.3) is 0 Å². The van der Waals surface area contributed by atoms with Gasteiger partial charge in [-0.15, -0.1) is 0 Å². The van der Waals surface area contributed by atoms with E-state index < -0.39 is 0 Å². The van der Waals surface area contributed by atoms with Crippen LogP contribution in [-0.2, 0) is 11.2 Å². The number of hydrogen-bond acceptors (Lipinski definition) is 3. The Balaban J connectivity index is 1.72. The maximum absolute atomic E-state index is 12.0. The monoisotopic (exact) mass is 266 g/mol. The van der Waals surface area contributed by atoms with Gasteiger partial charge in [-0.25, -0.2) is 4.98 Å². The highest BCUT2D eigenvalue weighted by Gasteiger charge is 2.07. The molecule has 0 bridgehead atoms. The van der Waals surface area contributed by atoms with Crippen molar-refractivity contribution >= 4 is 28.6 Å². The Bertz CT molecular complexity index is 730. The van der Waals surface area contributed by atoms with Crippen LogP contribution in [0.25, 0.3) is 11.0 Å². The number of nitrogen functional groups attached to an aromatic ring is 1. The quantitative estimate of drug-likeness (QED) is 0.636. The second-order valence-corrected chi connectivity index (χ2v) is 4.57.